The van der Waals surface area contributed by atoms with Gasteiger partial charge in [0.25, 0.3) is 0 Å². The van der Waals surface area contributed by atoms with E-state index in [1.165, 1.54) is 11.6 Å². The maximum atomic E-state index is 13.4. The van der Waals surface area contributed by atoms with Gasteiger partial charge in [0.1, 0.15) is 11.6 Å². The fraction of sp³-hybridized carbons (Fsp3) is 0.273. The fourth-order valence-corrected chi connectivity index (χ4v) is 3.15. The van der Waals surface area contributed by atoms with Crippen molar-refractivity contribution in [3.05, 3.63) is 89.8 Å². The molecule has 0 saturated carbocycles. The molecule has 0 saturated heterocycles. The second kappa shape index (κ2) is 11.5. The molecule has 3 rings (SSSR count). The first-order valence-corrected chi connectivity index (χ1v) is 9.36. The number of hydrogen-bond acceptors (Lipinski definition) is 2. The number of hydrogen-bond donors (Lipinski definition) is 1. The average molecular weight is 507 g/mol. The first kappa shape index (κ1) is 22.9. The maximum absolute atomic E-state index is 13.4. The summed E-state index contributed by atoms with van der Waals surface area (Å²) < 4.78 is 15.5. The Morgan fingerprint density at radius 2 is 1.90 bits per heavy atom. The van der Waals surface area contributed by atoms with Crippen LogP contribution >= 0.6 is 24.0 Å². The molecule has 1 heterocycles. The summed E-state index contributed by atoms with van der Waals surface area (Å²) in [4.78, 5) is 10.8. The van der Waals surface area contributed by atoms with Crippen LogP contribution in [0.5, 0.6) is 0 Å². The molecule has 1 N–H and O–H groups in total. The zero-order valence-corrected chi connectivity index (χ0v) is 19.1. The van der Waals surface area contributed by atoms with Gasteiger partial charge in [0.15, 0.2) is 5.96 Å². The summed E-state index contributed by atoms with van der Waals surface area (Å²) in [5.74, 6) is 1.57. The van der Waals surface area contributed by atoms with E-state index >= 15 is 0 Å². The standard InChI is InChI=1S/C22H26FN5.HI/c1-24-22(27(2)16-19-9-6-10-20(23)15-19)26-12-11-21-25-13-14-28(21)17-18-7-4-3-5-8-18;/h3-10,13-15H,11-12,16-17H2,1-2H3,(H,24,26);1H. The van der Waals surface area contributed by atoms with Gasteiger partial charge in [0.2, 0.25) is 0 Å². The molecule has 0 aliphatic heterocycles. The third kappa shape index (κ3) is 6.85. The van der Waals surface area contributed by atoms with Gasteiger partial charge in [-0.2, -0.15) is 0 Å². The van der Waals surface area contributed by atoms with E-state index in [9.17, 15) is 4.39 Å². The van der Waals surface area contributed by atoms with Gasteiger partial charge >= 0.3 is 0 Å². The highest BCUT2D eigenvalue weighted by Crippen LogP contribution is 2.07. The lowest BCUT2D eigenvalue weighted by molar-refractivity contribution is 0.474. The van der Waals surface area contributed by atoms with Crippen molar-refractivity contribution in [1.82, 2.24) is 19.8 Å². The second-order valence-electron chi connectivity index (χ2n) is 6.67. The van der Waals surface area contributed by atoms with Crippen LogP contribution in [0.25, 0.3) is 0 Å². The van der Waals surface area contributed by atoms with Crippen LogP contribution in [0.2, 0.25) is 0 Å². The van der Waals surface area contributed by atoms with Gasteiger partial charge in [0, 0.05) is 52.5 Å². The fourth-order valence-electron chi connectivity index (χ4n) is 3.15. The minimum absolute atomic E-state index is 0. The van der Waals surface area contributed by atoms with Gasteiger partial charge in [-0.25, -0.2) is 9.37 Å². The van der Waals surface area contributed by atoms with Crippen LogP contribution in [0.15, 0.2) is 72.0 Å². The maximum Gasteiger partial charge on any atom is 0.193 e. The predicted molar refractivity (Wildman–Crippen MR) is 126 cm³/mol. The van der Waals surface area contributed by atoms with Crippen LogP contribution in [-0.2, 0) is 19.5 Å². The summed E-state index contributed by atoms with van der Waals surface area (Å²) in [7, 11) is 3.69. The third-order valence-electron chi connectivity index (χ3n) is 4.51. The number of nitrogens with one attached hydrogen (secondary N) is 1. The number of rotatable bonds is 7. The third-order valence-corrected chi connectivity index (χ3v) is 4.51. The highest BCUT2D eigenvalue weighted by molar-refractivity contribution is 14.0. The first-order valence-electron chi connectivity index (χ1n) is 9.36. The lowest BCUT2D eigenvalue weighted by Gasteiger charge is -2.22. The first-order chi connectivity index (χ1) is 13.7. The van der Waals surface area contributed by atoms with Crippen LogP contribution in [0.1, 0.15) is 17.0 Å². The van der Waals surface area contributed by atoms with E-state index in [4.69, 9.17) is 0 Å². The van der Waals surface area contributed by atoms with Crippen LogP contribution < -0.4 is 5.32 Å². The highest BCUT2D eigenvalue weighted by atomic mass is 127. The molecule has 0 bridgehead atoms. The van der Waals surface area contributed by atoms with Crippen molar-refractivity contribution < 1.29 is 4.39 Å². The SMILES string of the molecule is CN=C(NCCc1nccn1Cc1ccccc1)N(C)Cc1cccc(F)c1.I. The monoisotopic (exact) mass is 507 g/mol. The number of imidazole rings is 1. The molecular formula is C22H27FIN5. The van der Waals surface area contributed by atoms with Crippen molar-refractivity contribution in [3.63, 3.8) is 0 Å². The molecule has 0 radical (unpaired) electrons. The van der Waals surface area contributed by atoms with E-state index in [1.807, 2.05) is 48.6 Å². The molecule has 154 valence electrons. The highest BCUT2D eigenvalue weighted by Gasteiger charge is 2.08. The number of nitrogens with zero attached hydrogens (tertiary/aromatic N) is 4. The largest absolute Gasteiger partial charge is 0.356 e. The number of benzene rings is 2. The summed E-state index contributed by atoms with van der Waals surface area (Å²) in [6.07, 6.45) is 4.63. The molecule has 0 spiro atoms. The van der Waals surface area contributed by atoms with E-state index in [0.717, 1.165) is 30.3 Å². The summed E-state index contributed by atoms with van der Waals surface area (Å²) in [5.41, 5.74) is 2.16. The van der Waals surface area contributed by atoms with Crippen LogP contribution in [-0.4, -0.2) is 41.1 Å². The van der Waals surface area contributed by atoms with E-state index in [-0.39, 0.29) is 29.8 Å². The van der Waals surface area contributed by atoms with Gasteiger partial charge in [-0.05, 0) is 23.3 Å². The molecule has 5 nitrogen and oxygen atoms in total. The molecule has 1 aromatic heterocycles. The zero-order chi connectivity index (χ0) is 19.8. The van der Waals surface area contributed by atoms with Crippen molar-refractivity contribution in [3.8, 4) is 0 Å². The van der Waals surface area contributed by atoms with E-state index < -0.39 is 0 Å². The molecule has 0 atom stereocenters. The molecule has 29 heavy (non-hydrogen) atoms. The number of halogens is 2. The van der Waals surface area contributed by atoms with Crippen molar-refractivity contribution in [2.24, 2.45) is 4.99 Å². The van der Waals surface area contributed by atoms with Crippen molar-refractivity contribution in [1.29, 1.82) is 0 Å². The molecule has 0 amide bonds. The molecular weight excluding hydrogens is 480 g/mol. The number of aromatic nitrogens is 2. The molecule has 0 unspecified atom stereocenters. The van der Waals surface area contributed by atoms with Crippen molar-refractivity contribution >= 4 is 29.9 Å². The molecule has 0 fully saturated rings. The Morgan fingerprint density at radius 1 is 1.14 bits per heavy atom. The Hall–Kier alpha value is -2.42. The predicted octanol–water partition coefficient (Wildman–Crippen LogP) is 3.94. The average Bonchev–Trinajstić information content (AvgIpc) is 3.13. The minimum Gasteiger partial charge on any atom is -0.356 e. The Bertz CT molecular complexity index is 910. The van der Waals surface area contributed by atoms with Crippen LogP contribution in [0, 0.1) is 5.82 Å². The van der Waals surface area contributed by atoms with E-state index in [2.05, 4.69) is 32.0 Å². The van der Waals surface area contributed by atoms with Gasteiger partial charge in [-0.15, -0.1) is 24.0 Å². The Morgan fingerprint density at radius 3 is 2.62 bits per heavy atom. The van der Waals surface area contributed by atoms with Gasteiger partial charge in [0.05, 0.1) is 0 Å². The summed E-state index contributed by atoms with van der Waals surface area (Å²) in [5, 5.41) is 3.36. The molecule has 0 aliphatic rings. The molecule has 2 aromatic carbocycles. The minimum atomic E-state index is -0.223. The molecule has 3 aromatic rings. The molecule has 7 heteroatoms. The normalized spacial score (nSPS) is 11.1. The van der Waals surface area contributed by atoms with Crippen molar-refractivity contribution in [2.75, 3.05) is 20.6 Å². The number of aliphatic imine (C=N–C) groups is 1. The number of guanidine groups is 1. The Balaban J connectivity index is 0.00000300. The smallest absolute Gasteiger partial charge is 0.193 e. The van der Waals surface area contributed by atoms with Crippen molar-refractivity contribution in [2.45, 2.75) is 19.5 Å². The van der Waals surface area contributed by atoms with Gasteiger partial charge in [-0.3, -0.25) is 4.99 Å². The lowest BCUT2D eigenvalue weighted by atomic mass is 10.2. The Labute approximate surface area is 188 Å². The van der Waals surface area contributed by atoms with E-state index in [1.54, 1.807) is 19.2 Å². The summed E-state index contributed by atoms with van der Waals surface area (Å²) in [6, 6.07) is 17.0. The summed E-state index contributed by atoms with van der Waals surface area (Å²) >= 11 is 0. The van der Waals surface area contributed by atoms with Crippen LogP contribution in [0.4, 0.5) is 4.39 Å². The topological polar surface area (TPSA) is 45.5 Å². The zero-order valence-electron chi connectivity index (χ0n) is 16.8. The van der Waals surface area contributed by atoms with Crippen LogP contribution in [0.3, 0.4) is 0 Å². The van der Waals surface area contributed by atoms with Gasteiger partial charge < -0.3 is 14.8 Å². The summed E-state index contributed by atoms with van der Waals surface area (Å²) in [6.45, 7) is 2.11. The lowest BCUT2D eigenvalue weighted by Crippen LogP contribution is -2.39. The quantitative estimate of drug-likeness (QED) is 0.300. The van der Waals surface area contributed by atoms with E-state index in [0.29, 0.717) is 13.1 Å². The Kier molecular flexibility index (Phi) is 9.11. The van der Waals surface area contributed by atoms with Gasteiger partial charge in [-0.1, -0.05) is 42.5 Å². The second-order valence-corrected chi connectivity index (χ2v) is 6.67. The molecule has 0 aliphatic carbocycles.